The van der Waals surface area contributed by atoms with Gasteiger partial charge in [0.2, 0.25) is 5.95 Å². The van der Waals surface area contributed by atoms with E-state index in [9.17, 15) is 0 Å². The summed E-state index contributed by atoms with van der Waals surface area (Å²) >= 11 is 6.15. The Kier molecular flexibility index (Phi) is 5.23. The molecule has 1 aromatic heterocycles. The highest BCUT2D eigenvalue weighted by Gasteiger charge is 2.03. The van der Waals surface area contributed by atoms with Crippen LogP contribution in [0.25, 0.3) is 0 Å². The first-order chi connectivity index (χ1) is 11.7. The molecular weight excluding hydrogens is 322 g/mol. The number of hydrogen-bond acceptors (Lipinski definition) is 5. The molecule has 0 aliphatic carbocycles. The summed E-state index contributed by atoms with van der Waals surface area (Å²) in [6, 6.07) is 16.0. The van der Waals surface area contributed by atoms with Crippen molar-refractivity contribution in [1.82, 2.24) is 15.2 Å². The van der Waals surface area contributed by atoms with E-state index in [4.69, 9.17) is 11.6 Å². The van der Waals surface area contributed by atoms with Gasteiger partial charge in [0.15, 0.2) is 5.82 Å². The van der Waals surface area contributed by atoms with Gasteiger partial charge in [0.05, 0.1) is 6.20 Å². The standard InChI is InChI=1S/C18H18ClN5/c1-13-6-8-14(9-7-13)10-21-18-23-17(12-22-24-18)20-11-15-4-2-3-5-16(15)19/h2-9,12H,10-11H2,1H3,(H2,20,21,23,24). The third-order valence-electron chi connectivity index (χ3n) is 3.55. The lowest BCUT2D eigenvalue weighted by Gasteiger charge is -2.09. The molecule has 2 aromatic carbocycles. The summed E-state index contributed by atoms with van der Waals surface area (Å²) in [5, 5.41) is 15.1. The fraction of sp³-hybridized carbons (Fsp3) is 0.167. The van der Waals surface area contributed by atoms with Gasteiger partial charge < -0.3 is 10.6 Å². The summed E-state index contributed by atoms with van der Waals surface area (Å²) < 4.78 is 0. The Hall–Kier alpha value is -2.66. The van der Waals surface area contributed by atoms with E-state index in [1.165, 1.54) is 11.1 Å². The first-order valence-electron chi connectivity index (χ1n) is 7.67. The predicted molar refractivity (Wildman–Crippen MR) is 97.1 cm³/mol. The van der Waals surface area contributed by atoms with Gasteiger partial charge in [0.1, 0.15) is 0 Å². The molecule has 0 saturated carbocycles. The van der Waals surface area contributed by atoms with E-state index in [0.717, 1.165) is 10.6 Å². The molecule has 2 N–H and O–H groups in total. The van der Waals surface area contributed by atoms with Crippen LogP contribution in [0.15, 0.2) is 54.7 Å². The Morgan fingerprint density at radius 1 is 0.958 bits per heavy atom. The molecule has 3 aromatic rings. The number of nitrogens with zero attached hydrogens (tertiary/aromatic N) is 3. The second kappa shape index (κ2) is 7.75. The number of anilines is 2. The molecule has 24 heavy (non-hydrogen) atoms. The molecule has 1 heterocycles. The van der Waals surface area contributed by atoms with Crippen molar-refractivity contribution < 1.29 is 0 Å². The fourth-order valence-corrected chi connectivity index (χ4v) is 2.38. The number of benzene rings is 2. The van der Waals surface area contributed by atoms with Crippen molar-refractivity contribution in [3.63, 3.8) is 0 Å². The Morgan fingerprint density at radius 2 is 1.75 bits per heavy atom. The van der Waals surface area contributed by atoms with Crippen LogP contribution in [0.5, 0.6) is 0 Å². The monoisotopic (exact) mass is 339 g/mol. The molecule has 0 spiro atoms. The molecule has 0 unspecified atom stereocenters. The van der Waals surface area contributed by atoms with Crippen molar-refractivity contribution in [3.05, 3.63) is 76.4 Å². The summed E-state index contributed by atoms with van der Waals surface area (Å²) in [6.45, 7) is 3.30. The Morgan fingerprint density at radius 3 is 2.54 bits per heavy atom. The van der Waals surface area contributed by atoms with Gasteiger partial charge in [-0.25, -0.2) is 0 Å². The maximum Gasteiger partial charge on any atom is 0.244 e. The van der Waals surface area contributed by atoms with Crippen molar-refractivity contribution in [2.75, 3.05) is 10.6 Å². The van der Waals surface area contributed by atoms with E-state index in [-0.39, 0.29) is 0 Å². The third kappa shape index (κ3) is 4.43. The van der Waals surface area contributed by atoms with E-state index in [2.05, 4.69) is 57.0 Å². The van der Waals surface area contributed by atoms with Crippen LogP contribution in [-0.2, 0) is 13.1 Å². The SMILES string of the molecule is Cc1ccc(CNc2nncc(NCc3ccccc3Cl)n2)cc1. The van der Waals surface area contributed by atoms with Crippen molar-refractivity contribution >= 4 is 23.4 Å². The lowest BCUT2D eigenvalue weighted by Crippen LogP contribution is -2.08. The minimum absolute atomic E-state index is 0.486. The first-order valence-corrected chi connectivity index (χ1v) is 8.05. The van der Waals surface area contributed by atoms with Crippen LogP contribution in [0.1, 0.15) is 16.7 Å². The molecule has 0 amide bonds. The zero-order valence-electron chi connectivity index (χ0n) is 13.3. The highest BCUT2D eigenvalue weighted by Crippen LogP contribution is 2.16. The van der Waals surface area contributed by atoms with Crippen LogP contribution in [0.2, 0.25) is 5.02 Å². The molecule has 0 fully saturated rings. The van der Waals surface area contributed by atoms with E-state index < -0.39 is 0 Å². The summed E-state index contributed by atoms with van der Waals surface area (Å²) in [4.78, 5) is 4.41. The largest absolute Gasteiger partial charge is 0.364 e. The van der Waals surface area contributed by atoms with Crippen LogP contribution >= 0.6 is 11.6 Å². The average molecular weight is 340 g/mol. The summed E-state index contributed by atoms with van der Waals surface area (Å²) in [7, 11) is 0. The van der Waals surface area contributed by atoms with Crippen LogP contribution in [0, 0.1) is 6.92 Å². The fourth-order valence-electron chi connectivity index (χ4n) is 2.18. The molecule has 6 heteroatoms. The molecule has 0 atom stereocenters. The van der Waals surface area contributed by atoms with Crippen molar-refractivity contribution in [2.45, 2.75) is 20.0 Å². The molecule has 0 radical (unpaired) electrons. The van der Waals surface area contributed by atoms with Crippen molar-refractivity contribution in [2.24, 2.45) is 0 Å². The second-order valence-corrected chi connectivity index (χ2v) is 5.86. The van der Waals surface area contributed by atoms with Gasteiger partial charge in [0.25, 0.3) is 0 Å². The molecule has 5 nitrogen and oxygen atoms in total. The molecule has 0 saturated heterocycles. The minimum Gasteiger partial charge on any atom is -0.364 e. The Bertz CT molecular complexity index is 805. The lowest BCUT2D eigenvalue weighted by atomic mass is 10.1. The zero-order valence-corrected chi connectivity index (χ0v) is 14.1. The smallest absolute Gasteiger partial charge is 0.244 e. The van der Waals surface area contributed by atoms with Gasteiger partial charge in [-0.2, -0.15) is 10.1 Å². The second-order valence-electron chi connectivity index (χ2n) is 5.45. The topological polar surface area (TPSA) is 62.7 Å². The van der Waals surface area contributed by atoms with Crippen LogP contribution in [-0.4, -0.2) is 15.2 Å². The highest BCUT2D eigenvalue weighted by atomic mass is 35.5. The minimum atomic E-state index is 0.486. The summed E-state index contributed by atoms with van der Waals surface area (Å²) in [5.74, 6) is 1.14. The number of halogens is 1. The molecule has 0 bridgehead atoms. The van der Waals surface area contributed by atoms with Gasteiger partial charge in [-0.05, 0) is 24.1 Å². The van der Waals surface area contributed by atoms with Gasteiger partial charge in [0, 0.05) is 18.1 Å². The summed E-state index contributed by atoms with van der Waals surface area (Å²) in [5.41, 5.74) is 3.41. The molecule has 0 aliphatic rings. The highest BCUT2D eigenvalue weighted by molar-refractivity contribution is 6.31. The number of aromatic nitrogens is 3. The number of hydrogen-bond donors (Lipinski definition) is 2. The van der Waals surface area contributed by atoms with E-state index in [0.29, 0.717) is 24.9 Å². The van der Waals surface area contributed by atoms with Crippen LogP contribution < -0.4 is 10.6 Å². The van der Waals surface area contributed by atoms with Gasteiger partial charge in [-0.15, -0.1) is 5.10 Å². The summed E-state index contributed by atoms with van der Waals surface area (Å²) in [6.07, 6.45) is 1.59. The zero-order chi connectivity index (χ0) is 16.8. The molecule has 3 rings (SSSR count). The molecule has 0 aliphatic heterocycles. The molecule has 122 valence electrons. The Labute approximate surface area is 146 Å². The quantitative estimate of drug-likeness (QED) is 0.709. The van der Waals surface area contributed by atoms with E-state index >= 15 is 0 Å². The number of aryl methyl sites for hydroxylation is 1. The normalized spacial score (nSPS) is 10.4. The average Bonchev–Trinajstić information content (AvgIpc) is 2.61. The lowest BCUT2D eigenvalue weighted by molar-refractivity contribution is 0.937. The maximum absolute atomic E-state index is 6.15. The van der Waals surface area contributed by atoms with Gasteiger partial charge in [-0.1, -0.05) is 59.6 Å². The third-order valence-corrected chi connectivity index (χ3v) is 3.92. The van der Waals surface area contributed by atoms with E-state index in [1.807, 2.05) is 24.3 Å². The number of nitrogens with one attached hydrogen (secondary N) is 2. The van der Waals surface area contributed by atoms with Gasteiger partial charge in [-0.3, -0.25) is 0 Å². The van der Waals surface area contributed by atoms with Gasteiger partial charge >= 0.3 is 0 Å². The maximum atomic E-state index is 6.15. The Balaban J connectivity index is 1.59. The first kappa shape index (κ1) is 16.2. The predicted octanol–water partition coefficient (Wildman–Crippen LogP) is 4.06. The molecular formula is C18H18ClN5. The number of rotatable bonds is 6. The van der Waals surface area contributed by atoms with Crippen molar-refractivity contribution in [1.29, 1.82) is 0 Å². The van der Waals surface area contributed by atoms with E-state index in [1.54, 1.807) is 6.20 Å². The van der Waals surface area contributed by atoms with Crippen LogP contribution in [0.3, 0.4) is 0 Å². The van der Waals surface area contributed by atoms with Crippen LogP contribution in [0.4, 0.5) is 11.8 Å². The van der Waals surface area contributed by atoms with Crippen molar-refractivity contribution in [3.8, 4) is 0 Å².